The second kappa shape index (κ2) is 5.64. The van der Waals surface area contributed by atoms with E-state index in [9.17, 15) is 13.5 Å². The lowest BCUT2D eigenvalue weighted by atomic mass is 10.1. The molecular formula is C14H20ClNO3S. The fraction of sp³-hybridized carbons (Fsp3) is 0.571. The van der Waals surface area contributed by atoms with E-state index in [1.54, 1.807) is 13.0 Å². The van der Waals surface area contributed by atoms with Gasteiger partial charge in [0.15, 0.2) is 0 Å². The Balaban J connectivity index is 2.52. The van der Waals surface area contributed by atoms with Crippen molar-refractivity contribution < 1.29 is 13.5 Å². The lowest BCUT2D eigenvalue weighted by Crippen LogP contribution is -2.34. The second-order valence-corrected chi connectivity index (χ2v) is 7.91. The number of benzene rings is 1. The van der Waals surface area contributed by atoms with E-state index in [0.29, 0.717) is 28.6 Å². The third-order valence-electron chi connectivity index (χ3n) is 3.92. The summed E-state index contributed by atoms with van der Waals surface area (Å²) < 4.78 is 27.2. The lowest BCUT2D eigenvalue weighted by Gasteiger charge is -2.23. The molecule has 1 aliphatic rings. The van der Waals surface area contributed by atoms with Gasteiger partial charge in [-0.25, -0.2) is 8.42 Å². The van der Waals surface area contributed by atoms with Gasteiger partial charge in [-0.05, 0) is 49.4 Å². The van der Waals surface area contributed by atoms with Gasteiger partial charge in [-0.3, -0.25) is 0 Å². The first-order chi connectivity index (χ1) is 9.27. The Kier molecular flexibility index (Phi) is 4.44. The van der Waals surface area contributed by atoms with Crippen LogP contribution in [0.15, 0.2) is 17.0 Å². The highest BCUT2D eigenvalue weighted by Gasteiger charge is 2.37. The Hall–Kier alpha value is -0.620. The molecule has 20 heavy (non-hydrogen) atoms. The van der Waals surface area contributed by atoms with Gasteiger partial charge < -0.3 is 5.11 Å². The maximum Gasteiger partial charge on any atom is 0.243 e. The molecule has 1 saturated heterocycles. The fourth-order valence-corrected chi connectivity index (χ4v) is 5.23. The van der Waals surface area contributed by atoms with E-state index >= 15 is 0 Å². The van der Waals surface area contributed by atoms with Crippen LogP contribution in [0.5, 0.6) is 0 Å². The molecular weight excluding hydrogens is 298 g/mol. The van der Waals surface area contributed by atoms with E-state index in [1.807, 2.05) is 6.92 Å². The van der Waals surface area contributed by atoms with Gasteiger partial charge in [0.1, 0.15) is 0 Å². The number of hydrogen-bond acceptors (Lipinski definition) is 3. The van der Waals surface area contributed by atoms with Crippen molar-refractivity contribution in [3.05, 3.63) is 28.3 Å². The molecule has 0 amide bonds. The quantitative estimate of drug-likeness (QED) is 0.932. The number of aliphatic hydroxyl groups excluding tert-OH is 1. The standard InChI is InChI=1S/C14H20ClNO3S/c1-9-4-10(2)16(7-9)20(18,19)14-6-13(15)5-12(8-17)11(14)3/h5-6,9-10,17H,4,7-8H2,1-3H3. The van der Waals surface area contributed by atoms with Crippen LogP contribution in [0.25, 0.3) is 0 Å². The molecule has 2 unspecified atom stereocenters. The maximum atomic E-state index is 12.8. The van der Waals surface area contributed by atoms with Crippen LogP contribution in [0.1, 0.15) is 31.4 Å². The topological polar surface area (TPSA) is 57.6 Å². The van der Waals surface area contributed by atoms with Crippen molar-refractivity contribution in [2.24, 2.45) is 5.92 Å². The Bertz CT molecular complexity index is 615. The minimum absolute atomic E-state index is 0.00837. The molecule has 0 spiro atoms. The normalized spacial score (nSPS) is 24.2. The van der Waals surface area contributed by atoms with Crippen LogP contribution in [0.3, 0.4) is 0 Å². The Morgan fingerprint density at radius 1 is 1.40 bits per heavy atom. The summed E-state index contributed by atoms with van der Waals surface area (Å²) >= 11 is 5.98. The summed E-state index contributed by atoms with van der Waals surface area (Å²) in [5.74, 6) is 0.358. The van der Waals surface area contributed by atoms with E-state index in [-0.39, 0.29) is 17.5 Å². The maximum absolute atomic E-state index is 12.8. The average Bonchev–Trinajstić information content (AvgIpc) is 2.71. The molecule has 0 bridgehead atoms. The zero-order valence-electron chi connectivity index (χ0n) is 11.9. The summed E-state index contributed by atoms with van der Waals surface area (Å²) in [5.41, 5.74) is 1.12. The highest BCUT2D eigenvalue weighted by atomic mass is 35.5. The summed E-state index contributed by atoms with van der Waals surface area (Å²) in [4.78, 5) is 0.204. The van der Waals surface area contributed by atoms with Gasteiger partial charge >= 0.3 is 0 Å². The van der Waals surface area contributed by atoms with Crippen LogP contribution < -0.4 is 0 Å². The van der Waals surface area contributed by atoms with Gasteiger partial charge in [-0.1, -0.05) is 18.5 Å². The predicted octanol–water partition coefficient (Wildman–Crippen LogP) is 2.56. The Morgan fingerprint density at radius 3 is 2.55 bits per heavy atom. The van der Waals surface area contributed by atoms with Crippen LogP contribution in [-0.2, 0) is 16.6 Å². The monoisotopic (exact) mass is 317 g/mol. The minimum atomic E-state index is -3.57. The fourth-order valence-electron chi connectivity index (χ4n) is 2.86. The van der Waals surface area contributed by atoms with Crippen molar-refractivity contribution in [2.75, 3.05) is 6.54 Å². The Morgan fingerprint density at radius 2 is 2.05 bits per heavy atom. The molecule has 2 atom stereocenters. The van der Waals surface area contributed by atoms with Crippen molar-refractivity contribution in [1.29, 1.82) is 0 Å². The van der Waals surface area contributed by atoms with Crippen molar-refractivity contribution in [3.63, 3.8) is 0 Å². The molecule has 1 aromatic carbocycles. The van der Waals surface area contributed by atoms with Crippen LogP contribution in [-0.4, -0.2) is 30.4 Å². The van der Waals surface area contributed by atoms with E-state index in [1.165, 1.54) is 10.4 Å². The summed E-state index contributed by atoms with van der Waals surface area (Å²) in [6.45, 7) is 5.99. The third-order valence-corrected chi connectivity index (χ3v) is 6.24. The van der Waals surface area contributed by atoms with Crippen molar-refractivity contribution in [2.45, 2.75) is 44.7 Å². The zero-order valence-corrected chi connectivity index (χ0v) is 13.5. The highest BCUT2D eigenvalue weighted by molar-refractivity contribution is 7.89. The smallest absolute Gasteiger partial charge is 0.243 e. The van der Waals surface area contributed by atoms with Gasteiger partial charge in [0, 0.05) is 17.6 Å². The van der Waals surface area contributed by atoms with E-state index in [2.05, 4.69) is 6.92 Å². The predicted molar refractivity (Wildman–Crippen MR) is 79.2 cm³/mol. The first-order valence-corrected chi connectivity index (χ1v) is 8.51. The number of halogens is 1. The number of nitrogens with zero attached hydrogens (tertiary/aromatic N) is 1. The Labute approximate surface area is 125 Å². The molecule has 112 valence electrons. The summed E-state index contributed by atoms with van der Waals surface area (Å²) in [6.07, 6.45) is 0.867. The second-order valence-electron chi connectivity index (χ2n) is 5.61. The molecule has 2 rings (SSSR count). The summed E-state index contributed by atoms with van der Waals surface area (Å²) in [5, 5.41) is 9.66. The van der Waals surface area contributed by atoms with Crippen LogP contribution in [0.4, 0.5) is 0 Å². The highest BCUT2D eigenvalue weighted by Crippen LogP contribution is 2.32. The number of aliphatic hydroxyl groups is 1. The number of hydrogen-bond donors (Lipinski definition) is 1. The summed E-state index contributed by atoms with van der Waals surface area (Å²) in [6, 6.07) is 3.07. The van der Waals surface area contributed by atoms with E-state index in [0.717, 1.165) is 6.42 Å². The SMILES string of the molecule is Cc1c(CO)cc(Cl)cc1S(=O)(=O)N1CC(C)CC1C. The summed E-state index contributed by atoms with van der Waals surface area (Å²) in [7, 11) is -3.57. The molecule has 1 fully saturated rings. The van der Waals surface area contributed by atoms with E-state index < -0.39 is 10.0 Å². The van der Waals surface area contributed by atoms with Crippen LogP contribution in [0.2, 0.25) is 5.02 Å². The molecule has 0 radical (unpaired) electrons. The number of sulfonamides is 1. The largest absolute Gasteiger partial charge is 0.392 e. The molecule has 1 heterocycles. The number of rotatable bonds is 3. The van der Waals surface area contributed by atoms with Crippen molar-refractivity contribution >= 4 is 21.6 Å². The molecule has 0 aliphatic carbocycles. The van der Waals surface area contributed by atoms with Gasteiger partial charge in [0.2, 0.25) is 10.0 Å². The molecule has 6 heteroatoms. The lowest BCUT2D eigenvalue weighted by molar-refractivity contribution is 0.280. The van der Waals surface area contributed by atoms with Crippen LogP contribution >= 0.6 is 11.6 Å². The van der Waals surface area contributed by atoms with Crippen molar-refractivity contribution in [3.8, 4) is 0 Å². The molecule has 1 aromatic rings. The molecule has 0 saturated carbocycles. The molecule has 0 aromatic heterocycles. The minimum Gasteiger partial charge on any atom is -0.392 e. The van der Waals surface area contributed by atoms with Crippen LogP contribution in [0, 0.1) is 12.8 Å². The average molecular weight is 318 g/mol. The van der Waals surface area contributed by atoms with Gasteiger partial charge in [-0.2, -0.15) is 4.31 Å². The first-order valence-electron chi connectivity index (χ1n) is 6.69. The van der Waals surface area contributed by atoms with Gasteiger partial charge in [0.05, 0.1) is 11.5 Å². The first kappa shape index (κ1) is 15.8. The van der Waals surface area contributed by atoms with Gasteiger partial charge in [-0.15, -0.1) is 0 Å². The molecule has 1 N–H and O–H groups in total. The molecule has 1 aliphatic heterocycles. The molecule has 4 nitrogen and oxygen atoms in total. The third kappa shape index (κ3) is 2.72. The van der Waals surface area contributed by atoms with E-state index in [4.69, 9.17) is 11.6 Å². The van der Waals surface area contributed by atoms with Crippen molar-refractivity contribution in [1.82, 2.24) is 4.31 Å². The zero-order chi connectivity index (χ0) is 15.1. The van der Waals surface area contributed by atoms with Gasteiger partial charge in [0.25, 0.3) is 0 Å².